The van der Waals surface area contributed by atoms with E-state index in [-0.39, 0.29) is 17.0 Å². The third kappa shape index (κ3) is 1.93. The molecular formula is C15H10F2N2O. The molecule has 5 heteroatoms. The van der Waals surface area contributed by atoms with Gasteiger partial charge in [-0.2, -0.15) is 0 Å². The highest BCUT2D eigenvalue weighted by atomic mass is 19.1. The minimum atomic E-state index is -0.637. The van der Waals surface area contributed by atoms with Gasteiger partial charge in [-0.3, -0.25) is 4.79 Å². The number of benzene rings is 2. The standard InChI is InChI=1S/C15H10F2N2O/c16-9-2-3-10-11(7-19-14(10)6-9)15(20)8-1-4-13(18)12(17)5-8/h1-7,19H,18H2. The average Bonchev–Trinajstić information content (AvgIpc) is 2.84. The summed E-state index contributed by atoms with van der Waals surface area (Å²) < 4.78 is 26.5. The minimum Gasteiger partial charge on any atom is -0.396 e. The van der Waals surface area contributed by atoms with Gasteiger partial charge in [-0.05, 0) is 36.4 Å². The SMILES string of the molecule is Nc1ccc(C(=O)c2c[nH]c3cc(F)ccc23)cc1F. The molecule has 1 aromatic heterocycles. The molecule has 100 valence electrons. The van der Waals surface area contributed by atoms with Gasteiger partial charge in [0, 0.05) is 28.2 Å². The summed E-state index contributed by atoms with van der Waals surface area (Å²) in [7, 11) is 0. The van der Waals surface area contributed by atoms with Crippen LogP contribution in [0, 0.1) is 11.6 Å². The second-order valence-electron chi connectivity index (χ2n) is 4.46. The summed E-state index contributed by atoms with van der Waals surface area (Å²) >= 11 is 0. The lowest BCUT2D eigenvalue weighted by atomic mass is 10.0. The van der Waals surface area contributed by atoms with E-state index in [1.54, 1.807) is 0 Å². The Balaban J connectivity index is 2.10. The number of fused-ring (bicyclic) bond motifs is 1. The van der Waals surface area contributed by atoms with Gasteiger partial charge in [-0.15, -0.1) is 0 Å². The van der Waals surface area contributed by atoms with E-state index in [0.29, 0.717) is 16.5 Å². The van der Waals surface area contributed by atoms with Crippen molar-refractivity contribution in [3.8, 4) is 0 Å². The number of ketones is 1. The first kappa shape index (κ1) is 12.3. The van der Waals surface area contributed by atoms with Crippen molar-refractivity contribution in [2.24, 2.45) is 0 Å². The van der Waals surface area contributed by atoms with E-state index in [1.165, 1.54) is 36.5 Å². The van der Waals surface area contributed by atoms with E-state index in [2.05, 4.69) is 4.98 Å². The van der Waals surface area contributed by atoms with Crippen LogP contribution in [-0.2, 0) is 0 Å². The molecule has 0 saturated heterocycles. The van der Waals surface area contributed by atoms with Gasteiger partial charge in [-0.1, -0.05) is 0 Å². The van der Waals surface area contributed by atoms with E-state index in [1.807, 2.05) is 0 Å². The predicted molar refractivity (Wildman–Crippen MR) is 72.5 cm³/mol. The van der Waals surface area contributed by atoms with Crippen LogP contribution in [0.4, 0.5) is 14.5 Å². The number of halogens is 2. The summed E-state index contributed by atoms with van der Waals surface area (Å²) in [6, 6.07) is 7.99. The fraction of sp³-hybridized carbons (Fsp3) is 0. The summed E-state index contributed by atoms with van der Waals surface area (Å²) in [5, 5.41) is 0.591. The van der Waals surface area contributed by atoms with Gasteiger partial charge in [-0.25, -0.2) is 8.78 Å². The van der Waals surface area contributed by atoms with Crippen LogP contribution < -0.4 is 5.73 Å². The van der Waals surface area contributed by atoms with Crippen LogP contribution >= 0.6 is 0 Å². The molecule has 3 aromatic rings. The Hall–Kier alpha value is -2.69. The first-order valence-electron chi connectivity index (χ1n) is 5.92. The number of carbonyl (C=O) groups is 1. The van der Waals surface area contributed by atoms with Crippen LogP contribution in [0.1, 0.15) is 15.9 Å². The molecule has 0 atom stereocenters. The highest BCUT2D eigenvalue weighted by Gasteiger charge is 2.15. The third-order valence-electron chi connectivity index (χ3n) is 3.15. The zero-order chi connectivity index (χ0) is 14.3. The lowest BCUT2D eigenvalue weighted by Gasteiger charge is -2.02. The lowest BCUT2D eigenvalue weighted by molar-refractivity contribution is 0.104. The van der Waals surface area contributed by atoms with Crippen LogP contribution in [0.2, 0.25) is 0 Å². The molecule has 0 radical (unpaired) electrons. The van der Waals surface area contributed by atoms with Crippen LogP contribution in [0.25, 0.3) is 10.9 Å². The predicted octanol–water partition coefficient (Wildman–Crippen LogP) is 3.26. The fourth-order valence-electron chi connectivity index (χ4n) is 2.11. The maximum Gasteiger partial charge on any atom is 0.195 e. The number of nitrogen functional groups attached to an aromatic ring is 1. The number of anilines is 1. The van der Waals surface area contributed by atoms with Crippen molar-refractivity contribution < 1.29 is 13.6 Å². The zero-order valence-corrected chi connectivity index (χ0v) is 10.3. The van der Waals surface area contributed by atoms with Crippen LogP contribution in [-0.4, -0.2) is 10.8 Å². The number of hydrogen-bond acceptors (Lipinski definition) is 2. The number of carbonyl (C=O) groups excluding carboxylic acids is 1. The maximum atomic E-state index is 13.4. The van der Waals surface area contributed by atoms with Crippen molar-refractivity contribution in [2.75, 3.05) is 5.73 Å². The molecule has 3 rings (SSSR count). The summed E-state index contributed by atoms with van der Waals surface area (Å²) in [6.07, 6.45) is 1.49. The van der Waals surface area contributed by atoms with Gasteiger partial charge in [0.2, 0.25) is 0 Å². The summed E-state index contributed by atoms with van der Waals surface area (Å²) in [5.41, 5.74) is 6.45. The van der Waals surface area contributed by atoms with Gasteiger partial charge in [0.05, 0.1) is 5.69 Å². The highest BCUT2D eigenvalue weighted by Crippen LogP contribution is 2.23. The fourth-order valence-corrected chi connectivity index (χ4v) is 2.11. The van der Waals surface area contributed by atoms with E-state index < -0.39 is 11.6 Å². The number of nitrogens with one attached hydrogen (secondary N) is 1. The second kappa shape index (κ2) is 4.45. The number of H-pyrrole nitrogens is 1. The first-order chi connectivity index (χ1) is 9.56. The molecule has 1 heterocycles. The summed E-state index contributed by atoms with van der Waals surface area (Å²) in [5.74, 6) is -1.37. The molecule has 0 bridgehead atoms. The number of aromatic nitrogens is 1. The molecule has 0 aliphatic heterocycles. The molecule has 20 heavy (non-hydrogen) atoms. The van der Waals surface area contributed by atoms with E-state index >= 15 is 0 Å². The number of rotatable bonds is 2. The number of hydrogen-bond donors (Lipinski definition) is 2. The zero-order valence-electron chi connectivity index (χ0n) is 10.3. The molecule has 0 unspecified atom stereocenters. The van der Waals surface area contributed by atoms with E-state index in [9.17, 15) is 13.6 Å². The average molecular weight is 272 g/mol. The Morgan fingerprint density at radius 2 is 1.90 bits per heavy atom. The molecular weight excluding hydrogens is 262 g/mol. The van der Waals surface area contributed by atoms with E-state index in [0.717, 1.165) is 6.07 Å². The molecule has 0 aliphatic rings. The molecule has 3 nitrogen and oxygen atoms in total. The van der Waals surface area contributed by atoms with Gasteiger partial charge in [0.25, 0.3) is 0 Å². The maximum absolute atomic E-state index is 13.4. The largest absolute Gasteiger partial charge is 0.396 e. The normalized spacial score (nSPS) is 10.9. The Kier molecular flexibility index (Phi) is 2.75. The molecule has 0 fully saturated rings. The number of aromatic amines is 1. The van der Waals surface area contributed by atoms with Crippen molar-refractivity contribution in [1.29, 1.82) is 0 Å². The van der Waals surface area contributed by atoms with Crippen molar-refractivity contribution >= 4 is 22.4 Å². The van der Waals surface area contributed by atoms with Crippen molar-refractivity contribution in [1.82, 2.24) is 4.98 Å². The Bertz CT molecular complexity index is 824. The van der Waals surface area contributed by atoms with Gasteiger partial charge in [0.1, 0.15) is 11.6 Å². The molecule has 0 aliphatic carbocycles. The Labute approximate surface area is 113 Å². The van der Waals surface area contributed by atoms with Crippen LogP contribution in [0.3, 0.4) is 0 Å². The molecule has 0 spiro atoms. The number of nitrogens with two attached hydrogens (primary N) is 1. The van der Waals surface area contributed by atoms with Crippen molar-refractivity contribution in [3.63, 3.8) is 0 Å². The minimum absolute atomic E-state index is 0.0115. The summed E-state index contributed by atoms with van der Waals surface area (Å²) in [4.78, 5) is 15.2. The van der Waals surface area contributed by atoms with Gasteiger partial charge >= 0.3 is 0 Å². The van der Waals surface area contributed by atoms with Gasteiger partial charge < -0.3 is 10.7 Å². The monoisotopic (exact) mass is 272 g/mol. The smallest absolute Gasteiger partial charge is 0.195 e. The Morgan fingerprint density at radius 3 is 2.65 bits per heavy atom. The van der Waals surface area contributed by atoms with Gasteiger partial charge in [0.15, 0.2) is 5.78 Å². The van der Waals surface area contributed by atoms with Crippen LogP contribution in [0.15, 0.2) is 42.6 Å². The molecule has 3 N–H and O–H groups in total. The molecule has 0 amide bonds. The summed E-state index contributed by atoms with van der Waals surface area (Å²) in [6.45, 7) is 0. The van der Waals surface area contributed by atoms with Crippen LogP contribution in [0.5, 0.6) is 0 Å². The van der Waals surface area contributed by atoms with Crippen molar-refractivity contribution in [3.05, 3.63) is 65.4 Å². The second-order valence-corrected chi connectivity index (χ2v) is 4.46. The first-order valence-corrected chi connectivity index (χ1v) is 5.92. The quantitative estimate of drug-likeness (QED) is 0.555. The third-order valence-corrected chi connectivity index (χ3v) is 3.15. The molecule has 2 aromatic carbocycles. The highest BCUT2D eigenvalue weighted by molar-refractivity contribution is 6.16. The van der Waals surface area contributed by atoms with E-state index in [4.69, 9.17) is 5.73 Å². The lowest BCUT2D eigenvalue weighted by Crippen LogP contribution is -2.02. The molecule has 0 saturated carbocycles. The Morgan fingerprint density at radius 1 is 1.10 bits per heavy atom. The topological polar surface area (TPSA) is 58.9 Å². The van der Waals surface area contributed by atoms with Crippen molar-refractivity contribution in [2.45, 2.75) is 0 Å².